The Bertz CT molecular complexity index is 345. The first-order chi connectivity index (χ1) is 7.46. The van der Waals surface area contributed by atoms with Crippen LogP contribution in [0, 0.1) is 12.8 Å². The Morgan fingerprint density at radius 1 is 1.19 bits per heavy atom. The van der Waals surface area contributed by atoms with E-state index < -0.39 is 0 Å². The minimum absolute atomic E-state index is 0.250. The fraction of sp³-hybridized carbons (Fsp3) is 0.600. The van der Waals surface area contributed by atoms with E-state index in [1.807, 2.05) is 0 Å². The Morgan fingerprint density at radius 2 is 1.81 bits per heavy atom. The van der Waals surface area contributed by atoms with Crippen LogP contribution in [0.3, 0.4) is 0 Å². The lowest BCUT2D eigenvalue weighted by molar-refractivity contribution is 0.414. The first-order valence-electron chi connectivity index (χ1n) is 6.27. The highest BCUT2D eigenvalue weighted by molar-refractivity contribution is 5.29. The maximum atomic E-state index is 3.59. The monoisotopic (exact) mass is 217 g/mol. The van der Waals surface area contributed by atoms with Crippen molar-refractivity contribution in [3.05, 3.63) is 35.4 Å². The molecule has 88 valence electrons. The number of hydrogen-bond donors (Lipinski definition) is 1. The molecule has 1 saturated carbocycles. The van der Waals surface area contributed by atoms with E-state index in [9.17, 15) is 0 Å². The maximum absolute atomic E-state index is 3.59. The van der Waals surface area contributed by atoms with Crippen LogP contribution in [0.2, 0.25) is 0 Å². The van der Waals surface area contributed by atoms with Crippen LogP contribution < -0.4 is 5.32 Å². The van der Waals surface area contributed by atoms with Crippen molar-refractivity contribution in [2.45, 2.75) is 45.6 Å². The summed E-state index contributed by atoms with van der Waals surface area (Å²) in [7, 11) is 0. The molecule has 0 radical (unpaired) electrons. The van der Waals surface area contributed by atoms with Crippen molar-refractivity contribution in [2.75, 3.05) is 6.54 Å². The average molecular weight is 217 g/mol. The van der Waals surface area contributed by atoms with E-state index in [1.54, 1.807) is 0 Å². The highest BCUT2D eigenvalue weighted by Gasteiger charge is 2.38. The van der Waals surface area contributed by atoms with E-state index in [4.69, 9.17) is 0 Å². The minimum atomic E-state index is 0.250. The van der Waals surface area contributed by atoms with Gasteiger partial charge in [-0.25, -0.2) is 0 Å². The molecule has 2 atom stereocenters. The van der Waals surface area contributed by atoms with Gasteiger partial charge in [-0.2, -0.15) is 0 Å². The normalized spacial score (nSPS) is 24.5. The lowest BCUT2D eigenvalue weighted by Gasteiger charge is -2.20. The molecule has 1 aromatic rings. The second-order valence-corrected chi connectivity index (χ2v) is 6.14. The van der Waals surface area contributed by atoms with E-state index >= 15 is 0 Å². The van der Waals surface area contributed by atoms with Crippen LogP contribution in [-0.4, -0.2) is 12.1 Å². The lowest BCUT2D eigenvalue weighted by atomic mass is 10.1. The molecule has 1 N–H and O–H groups in total. The molecule has 0 amide bonds. The number of aryl methyl sites for hydroxylation is 1. The van der Waals surface area contributed by atoms with Gasteiger partial charge in [0.1, 0.15) is 0 Å². The molecular weight excluding hydrogens is 194 g/mol. The summed E-state index contributed by atoms with van der Waals surface area (Å²) in [6, 6.07) is 9.03. The van der Waals surface area contributed by atoms with Gasteiger partial charge < -0.3 is 5.32 Å². The van der Waals surface area contributed by atoms with Crippen LogP contribution in [-0.2, 0) is 0 Å². The fourth-order valence-corrected chi connectivity index (χ4v) is 2.13. The highest BCUT2D eigenvalue weighted by atomic mass is 15.0. The predicted molar refractivity (Wildman–Crippen MR) is 69.8 cm³/mol. The summed E-state index contributed by atoms with van der Waals surface area (Å²) in [4.78, 5) is 0. The molecule has 1 aliphatic rings. The molecule has 1 aliphatic carbocycles. The van der Waals surface area contributed by atoms with Gasteiger partial charge in [-0.05, 0) is 58.1 Å². The summed E-state index contributed by atoms with van der Waals surface area (Å²) in [5.41, 5.74) is 3.13. The molecular formula is C15H23N. The number of nitrogens with one attached hydrogen (secondary N) is 1. The van der Waals surface area contributed by atoms with Crippen LogP contribution in [0.1, 0.15) is 44.2 Å². The van der Waals surface area contributed by atoms with Gasteiger partial charge in [0.15, 0.2) is 0 Å². The second-order valence-electron chi connectivity index (χ2n) is 6.14. The molecule has 0 bridgehead atoms. The standard InChI is InChI=1S/C15H23N/c1-11-5-7-12(8-6-11)14-9-13(14)10-16-15(2,3)4/h5-8,13-14,16H,9-10H2,1-4H3. The van der Waals surface area contributed by atoms with E-state index in [0.717, 1.165) is 18.4 Å². The van der Waals surface area contributed by atoms with Gasteiger partial charge in [0.25, 0.3) is 0 Å². The molecule has 16 heavy (non-hydrogen) atoms. The van der Waals surface area contributed by atoms with Gasteiger partial charge in [-0.15, -0.1) is 0 Å². The van der Waals surface area contributed by atoms with Gasteiger partial charge in [-0.3, -0.25) is 0 Å². The Balaban J connectivity index is 1.85. The molecule has 0 heterocycles. The molecule has 0 aromatic heterocycles. The Morgan fingerprint density at radius 3 is 2.38 bits per heavy atom. The number of benzene rings is 1. The summed E-state index contributed by atoms with van der Waals surface area (Å²) >= 11 is 0. The summed E-state index contributed by atoms with van der Waals surface area (Å²) in [6.45, 7) is 10.0. The Labute approximate surface area is 99.3 Å². The third kappa shape index (κ3) is 3.08. The maximum Gasteiger partial charge on any atom is 0.00966 e. The SMILES string of the molecule is Cc1ccc(C2CC2CNC(C)(C)C)cc1. The predicted octanol–water partition coefficient (Wildman–Crippen LogP) is 3.49. The molecule has 2 rings (SSSR count). The van der Waals surface area contributed by atoms with E-state index in [0.29, 0.717) is 0 Å². The number of hydrogen-bond acceptors (Lipinski definition) is 1. The molecule has 1 fully saturated rings. The summed E-state index contributed by atoms with van der Waals surface area (Å²) in [5, 5.41) is 3.59. The van der Waals surface area contributed by atoms with Crippen molar-refractivity contribution < 1.29 is 0 Å². The molecule has 1 nitrogen and oxygen atoms in total. The van der Waals surface area contributed by atoms with Gasteiger partial charge in [0, 0.05) is 5.54 Å². The van der Waals surface area contributed by atoms with Crippen LogP contribution >= 0.6 is 0 Å². The van der Waals surface area contributed by atoms with Crippen LogP contribution in [0.15, 0.2) is 24.3 Å². The number of rotatable bonds is 3. The van der Waals surface area contributed by atoms with Gasteiger partial charge in [0.2, 0.25) is 0 Å². The van der Waals surface area contributed by atoms with Crippen LogP contribution in [0.5, 0.6) is 0 Å². The molecule has 0 aliphatic heterocycles. The quantitative estimate of drug-likeness (QED) is 0.817. The van der Waals surface area contributed by atoms with Crippen molar-refractivity contribution in [2.24, 2.45) is 5.92 Å². The topological polar surface area (TPSA) is 12.0 Å². The first kappa shape index (κ1) is 11.7. The molecule has 1 aromatic carbocycles. The van der Waals surface area contributed by atoms with E-state index in [1.165, 1.54) is 17.5 Å². The average Bonchev–Trinajstić information content (AvgIpc) is 2.94. The molecule has 2 unspecified atom stereocenters. The zero-order valence-corrected chi connectivity index (χ0v) is 10.9. The third-order valence-electron chi connectivity index (χ3n) is 3.32. The third-order valence-corrected chi connectivity index (χ3v) is 3.32. The molecule has 0 spiro atoms. The van der Waals surface area contributed by atoms with E-state index in [-0.39, 0.29) is 5.54 Å². The summed E-state index contributed by atoms with van der Waals surface area (Å²) in [6.07, 6.45) is 1.35. The van der Waals surface area contributed by atoms with Crippen LogP contribution in [0.4, 0.5) is 0 Å². The zero-order valence-electron chi connectivity index (χ0n) is 10.9. The summed E-state index contributed by atoms with van der Waals surface area (Å²) < 4.78 is 0. The van der Waals surface area contributed by atoms with E-state index in [2.05, 4.69) is 57.3 Å². The molecule has 0 saturated heterocycles. The Hall–Kier alpha value is -0.820. The largest absolute Gasteiger partial charge is 0.312 e. The highest BCUT2D eigenvalue weighted by Crippen LogP contribution is 2.47. The van der Waals surface area contributed by atoms with Gasteiger partial charge in [-0.1, -0.05) is 29.8 Å². The van der Waals surface area contributed by atoms with Crippen molar-refractivity contribution in [3.8, 4) is 0 Å². The Kier molecular flexibility index (Phi) is 3.07. The van der Waals surface area contributed by atoms with Gasteiger partial charge in [0.05, 0.1) is 0 Å². The van der Waals surface area contributed by atoms with Crippen molar-refractivity contribution in [1.82, 2.24) is 5.32 Å². The summed E-state index contributed by atoms with van der Waals surface area (Å²) in [5.74, 6) is 1.65. The fourth-order valence-electron chi connectivity index (χ4n) is 2.13. The zero-order chi connectivity index (χ0) is 11.8. The minimum Gasteiger partial charge on any atom is -0.312 e. The lowest BCUT2D eigenvalue weighted by Crippen LogP contribution is -2.37. The van der Waals surface area contributed by atoms with Gasteiger partial charge >= 0.3 is 0 Å². The smallest absolute Gasteiger partial charge is 0.00966 e. The second kappa shape index (κ2) is 4.21. The van der Waals surface area contributed by atoms with Crippen LogP contribution in [0.25, 0.3) is 0 Å². The van der Waals surface area contributed by atoms with Crippen molar-refractivity contribution >= 4 is 0 Å². The van der Waals surface area contributed by atoms with Crippen molar-refractivity contribution in [1.29, 1.82) is 0 Å². The molecule has 1 heteroatoms. The van der Waals surface area contributed by atoms with Crippen molar-refractivity contribution in [3.63, 3.8) is 0 Å². The first-order valence-corrected chi connectivity index (χ1v) is 6.27.